The Balaban J connectivity index is 1.60. The maximum atomic E-state index is 12.4. The van der Waals surface area contributed by atoms with Gasteiger partial charge in [0.2, 0.25) is 5.91 Å². The van der Waals surface area contributed by atoms with Crippen molar-refractivity contribution in [2.24, 2.45) is 0 Å². The third-order valence-electron chi connectivity index (χ3n) is 4.37. The van der Waals surface area contributed by atoms with E-state index in [-0.39, 0.29) is 24.3 Å². The Morgan fingerprint density at radius 2 is 2.03 bits per heavy atom. The molecule has 162 valence electrons. The van der Waals surface area contributed by atoms with Gasteiger partial charge in [-0.25, -0.2) is 0 Å². The Morgan fingerprint density at radius 1 is 1.26 bits per heavy atom. The first-order valence-corrected chi connectivity index (χ1v) is 11.3. The number of ether oxygens (including phenoxy) is 1. The molecular weight excluding hydrogens is 455 g/mol. The van der Waals surface area contributed by atoms with E-state index >= 15 is 0 Å². The molecule has 2 aromatic carbocycles. The third-order valence-corrected chi connectivity index (χ3v) is 5.86. The van der Waals surface area contributed by atoms with Crippen LogP contribution in [0.5, 0.6) is 5.75 Å². The predicted octanol–water partition coefficient (Wildman–Crippen LogP) is 5.32. The first-order valence-electron chi connectivity index (χ1n) is 9.56. The number of hydrogen-bond donors (Lipinski definition) is 1. The van der Waals surface area contributed by atoms with Crippen LogP contribution < -0.4 is 10.1 Å². The van der Waals surface area contributed by atoms with Gasteiger partial charge in [0, 0.05) is 11.6 Å². The van der Waals surface area contributed by atoms with E-state index in [9.17, 15) is 4.79 Å². The molecule has 1 heterocycles. The average Bonchev–Trinajstić information content (AvgIpc) is 3.14. The van der Waals surface area contributed by atoms with Crippen molar-refractivity contribution in [3.8, 4) is 5.75 Å². The molecule has 1 amide bonds. The van der Waals surface area contributed by atoms with Crippen molar-refractivity contribution < 1.29 is 9.53 Å². The van der Waals surface area contributed by atoms with E-state index in [1.54, 1.807) is 24.3 Å². The van der Waals surface area contributed by atoms with Crippen molar-refractivity contribution in [2.45, 2.75) is 31.3 Å². The quantitative estimate of drug-likeness (QED) is 0.316. The van der Waals surface area contributed by atoms with Crippen molar-refractivity contribution in [1.29, 1.82) is 0 Å². The molecule has 1 atom stereocenters. The van der Waals surface area contributed by atoms with Gasteiger partial charge in [0.15, 0.2) is 11.0 Å². The Kier molecular flexibility index (Phi) is 8.40. The van der Waals surface area contributed by atoms with Gasteiger partial charge in [-0.2, -0.15) is 0 Å². The summed E-state index contributed by atoms with van der Waals surface area (Å²) in [5.41, 5.74) is 1.05. The van der Waals surface area contributed by atoms with E-state index in [0.717, 1.165) is 5.56 Å². The Morgan fingerprint density at radius 3 is 2.74 bits per heavy atom. The molecule has 0 saturated heterocycles. The van der Waals surface area contributed by atoms with Crippen molar-refractivity contribution in [2.75, 3.05) is 5.75 Å². The maximum Gasteiger partial charge on any atom is 0.230 e. The molecule has 0 aliphatic carbocycles. The summed E-state index contributed by atoms with van der Waals surface area (Å²) in [5.74, 6) is 1.24. The highest BCUT2D eigenvalue weighted by Gasteiger charge is 2.16. The van der Waals surface area contributed by atoms with Gasteiger partial charge in [-0.1, -0.05) is 71.4 Å². The predicted molar refractivity (Wildman–Crippen MR) is 125 cm³/mol. The second-order valence-electron chi connectivity index (χ2n) is 6.65. The minimum absolute atomic E-state index is 0.0755. The fourth-order valence-electron chi connectivity index (χ4n) is 2.82. The molecule has 9 heteroatoms. The fourth-order valence-corrected chi connectivity index (χ4v) is 4.06. The van der Waals surface area contributed by atoms with Crippen LogP contribution in [0.15, 0.2) is 66.3 Å². The third kappa shape index (κ3) is 6.50. The molecule has 0 aliphatic heterocycles. The van der Waals surface area contributed by atoms with Crippen LogP contribution in [0.4, 0.5) is 0 Å². The highest BCUT2D eigenvalue weighted by Crippen LogP contribution is 2.28. The van der Waals surface area contributed by atoms with Crippen LogP contribution in [-0.2, 0) is 17.9 Å². The Bertz CT molecular complexity index is 1040. The van der Waals surface area contributed by atoms with E-state index in [1.807, 2.05) is 41.8 Å². The summed E-state index contributed by atoms with van der Waals surface area (Å²) in [5, 5.41) is 13.0. The summed E-state index contributed by atoms with van der Waals surface area (Å²) in [7, 11) is 0. The number of allylic oxidation sites excluding steroid dienone is 1. The van der Waals surface area contributed by atoms with Gasteiger partial charge < -0.3 is 10.1 Å². The number of amides is 1. The van der Waals surface area contributed by atoms with Crippen LogP contribution in [-0.4, -0.2) is 26.4 Å². The van der Waals surface area contributed by atoms with Gasteiger partial charge >= 0.3 is 0 Å². The lowest BCUT2D eigenvalue weighted by Crippen LogP contribution is -2.28. The number of carbonyl (C=O) groups is 1. The molecular formula is C22H22Cl2N4O2S. The number of benzene rings is 2. The molecule has 0 bridgehead atoms. The first-order chi connectivity index (χ1) is 15.0. The molecule has 1 aromatic heterocycles. The zero-order chi connectivity index (χ0) is 22.2. The highest BCUT2D eigenvalue weighted by atomic mass is 35.5. The van der Waals surface area contributed by atoms with E-state index in [4.69, 9.17) is 27.9 Å². The second kappa shape index (κ2) is 11.2. The highest BCUT2D eigenvalue weighted by molar-refractivity contribution is 7.99. The first kappa shape index (κ1) is 23.2. The van der Waals surface area contributed by atoms with Gasteiger partial charge in [0.25, 0.3) is 0 Å². The zero-order valence-corrected chi connectivity index (χ0v) is 19.3. The SMILES string of the molecule is C=CCn1c(COc2ccc(Cl)cc2Cl)nnc1SCC(=O)NC(C)c1ccccc1. The fraction of sp³-hybridized carbons (Fsp3) is 0.227. The van der Waals surface area contributed by atoms with Gasteiger partial charge in [0.05, 0.1) is 16.8 Å². The van der Waals surface area contributed by atoms with Crippen LogP contribution in [0.2, 0.25) is 10.0 Å². The van der Waals surface area contributed by atoms with E-state index in [2.05, 4.69) is 22.1 Å². The van der Waals surface area contributed by atoms with Gasteiger partial charge in [0.1, 0.15) is 12.4 Å². The zero-order valence-electron chi connectivity index (χ0n) is 16.9. The van der Waals surface area contributed by atoms with Crippen molar-refractivity contribution in [3.63, 3.8) is 0 Å². The summed E-state index contributed by atoms with van der Waals surface area (Å²) in [6, 6.07) is 14.8. The summed E-state index contributed by atoms with van der Waals surface area (Å²) in [6.45, 7) is 6.40. The van der Waals surface area contributed by atoms with Crippen LogP contribution in [0.25, 0.3) is 0 Å². The van der Waals surface area contributed by atoms with Crippen LogP contribution in [0.3, 0.4) is 0 Å². The normalized spacial score (nSPS) is 11.7. The lowest BCUT2D eigenvalue weighted by Gasteiger charge is -2.14. The second-order valence-corrected chi connectivity index (χ2v) is 8.44. The molecule has 0 saturated carbocycles. The molecule has 6 nitrogen and oxygen atoms in total. The van der Waals surface area contributed by atoms with Crippen molar-refractivity contribution in [3.05, 3.63) is 82.6 Å². The molecule has 3 rings (SSSR count). The molecule has 0 aliphatic rings. The number of thioether (sulfide) groups is 1. The van der Waals surface area contributed by atoms with Crippen LogP contribution in [0.1, 0.15) is 24.4 Å². The van der Waals surface area contributed by atoms with Crippen LogP contribution in [0, 0.1) is 0 Å². The van der Waals surface area contributed by atoms with Gasteiger partial charge in [-0.3, -0.25) is 9.36 Å². The lowest BCUT2D eigenvalue weighted by atomic mass is 10.1. The largest absolute Gasteiger partial charge is 0.484 e. The summed E-state index contributed by atoms with van der Waals surface area (Å²) >= 11 is 13.4. The van der Waals surface area contributed by atoms with E-state index in [1.165, 1.54) is 11.8 Å². The van der Waals surface area contributed by atoms with E-state index < -0.39 is 0 Å². The minimum atomic E-state index is -0.0831. The number of nitrogens with zero attached hydrogens (tertiary/aromatic N) is 3. The number of halogens is 2. The number of rotatable bonds is 10. The standard InChI is InChI=1S/C22H22Cl2N4O2S/c1-3-11-28-20(13-30-19-10-9-17(23)12-18(19)24)26-27-22(28)31-14-21(29)25-15(2)16-7-5-4-6-8-16/h3-10,12,15H,1,11,13-14H2,2H3,(H,25,29). The minimum Gasteiger partial charge on any atom is -0.484 e. The summed E-state index contributed by atoms with van der Waals surface area (Å²) in [6.07, 6.45) is 1.74. The number of nitrogens with one attached hydrogen (secondary N) is 1. The average molecular weight is 477 g/mol. The summed E-state index contributed by atoms with van der Waals surface area (Å²) in [4.78, 5) is 12.4. The maximum absolute atomic E-state index is 12.4. The molecule has 1 N–H and O–H groups in total. The Hall–Kier alpha value is -2.48. The monoisotopic (exact) mass is 476 g/mol. The number of carbonyl (C=O) groups excluding carboxylic acids is 1. The smallest absolute Gasteiger partial charge is 0.230 e. The topological polar surface area (TPSA) is 69.0 Å². The van der Waals surface area contributed by atoms with Gasteiger partial charge in [-0.05, 0) is 30.7 Å². The van der Waals surface area contributed by atoms with E-state index in [0.29, 0.717) is 33.3 Å². The van der Waals surface area contributed by atoms with Crippen molar-refractivity contribution in [1.82, 2.24) is 20.1 Å². The molecule has 0 fully saturated rings. The lowest BCUT2D eigenvalue weighted by molar-refractivity contribution is -0.119. The van der Waals surface area contributed by atoms with Crippen molar-refractivity contribution >= 4 is 40.9 Å². The molecule has 0 radical (unpaired) electrons. The molecule has 1 unspecified atom stereocenters. The molecule has 31 heavy (non-hydrogen) atoms. The van der Waals surface area contributed by atoms with Crippen LogP contribution >= 0.6 is 35.0 Å². The number of hydrogen-bond acceptors (Lipinski definition) is 5. The molecule has 0 spiro atoms. The Labute approximate surface area is 195 Å². The summed E-state index contributed by atoms with van der Waals surface area (Å²) < 4.78 is 7.63. The number of aromatic nitrogens is 3. The van der Waals surface area contributed by atoms with Gasteiger partial charge in [-0.15, -0.1) is 16.8 Å². The molecule has 3 aromatic rings.